The predicted molar refractivity (Wildman–Crippen MR) is 126 cm³/mol. The first-order valence-corrected chi connectivity index (χ1v) is 10.7. The van der Waals surface area contributed by atoms with Gasteiger partial charge in [-0.05, 0) is 58.1 Å². The molecule has 1 aromatic heterocycles. The van der Waals surface area contributed by atoms with Crippen molar-refractivity contribution in [3.05, 3.63) is 68.6 Å². The molecule has 0 saturated carbocycles. The summed E-state index contributed by atoms with van der Waals surface area (Å²) >= 11 is 0. The molecule has 30 heavy (non-hydrogen) atoms. The monoisotopic (exact) mass is 414 g/mol. The van der Waals surface area contributed by atoms with Crippen molar-refractivity contribution < 1.29 is 14.3 Å². The first kappa shape index (κ1) is 25.7. The van der Waals surface area contributed by atoms with Gasteiger partial charge < -0.3 is 14.3 Å². The molecule has 3 unspecified atom stereocenters. The van der Waals surface area contributed by atoms with Gasteiger partial charge in [0.15, 0.2) is 5.43 Å². The fourth-order valence-corrected chi connectivity index (χ4v) is 3.24. The van der Waals surface area contributed by atoms with E-state index in [4.69, 9.17) is 9.15 Å². The average Bonchev–Trinajstić information content (AvgIpc) is 2.73. The highest BCUT2D eigenvalue weighted by atomic mass is 16.6. The van der Waals surface area contributed by atoms with Gasteiger partial charge in [-0.1, -0.05) is 56.7 Å². The summed E-state index contributed by atoms with van der Waals surface area (Å²) in [6, 6.07) is 0. The molecule has 0 aliphatic carbocycles. The van der Waals surface area contributed by atoms with Crippen LogP contribution in [0.15, 0.2) is 50.7 Å². The third-order valence-electron chi connectivity index (χ3n) is 5.38. The quantitative estimate of drug-likeness (QED) is 0.375. The lowest BCUT2D eigenvalue weighted by Crippen LogP contribution is -2.17. The molecule has 0 bridgehead atoms. The van der Waals surface area contributed by atoms with Crippen LogP contribution in [0.3, 0.4) is 0 Å². The average molecular weight is 415 g/mol. The summed E-state index contributed by atoms with van der Waals surface area (Å²) in [6.45, 7) is 13.8. The number of ether oxygens (including phenoxy) is 1. The molecule has 0 aromatic carbocycles. The van der Waals surface area contributed by atoms with Crippen molar-refractivity contribution in [2.75, 3.05) is 7.11 Å². The summed E-state index contributed by atoms with van der Waals surface area (Å²) in [5.74, 6) is 1.19. The Hall–Kier alpha value is -2.33. The molecule has 1 rings (SSSR count). The van der Waals surface area contributed by atoms with E-state index in [-0.39, 0.29) is 17.3 Å². The Balaban J connectivity index is 2.80. The topological polar surface area (TPSA) is 59.7 Å². The van der Waals surface area contributed by atoms with Gasteiger partial charge in [-0.2, -0.15) is 0 Å². The van der Waals surface area contributed by atoms with Crippen LogP contribution in [-0.2, 0) is 6.42 Å². The lowest BCUT2D eigenvalue weighted by molar-refractivity contribution is 0.173. The zero-order chi connectivity index (χ0) is 22.8. The minimum absolute atomic E-state index is 0.0157. The van der Waals surface area contributed by atoms with E-state index in [9.17, 15) is 9.90 Å². The van der Waals surface area contributed by atoms with Crippen LogP contribution in [0.5, 0.6) is 5.95 Å². The Bertz CT molecular complexity index is 868. The van der Waals surface area contributed by atoms with Crippen LogP contribution in [0.1, 0.15) is 64.9 Å². The number of hydrogen-bond donors (Lipinski definition) is 1. The lowest BCUT2D eigenvalue weighted by atomic mass is 9.96. The number of methoxy groups -OCH3 is 1. The Kier molecular flexibility index (Phi) is 10.6. The zero-order valence-corrected chi connectivity index (χ0v) is 19.8. The van der Waals surface area contributed by atoms with Crippen LogP contribution in [0, 0.1) is 18.8 Å². The zero-order valence-electron chi connectivity index (χ0n) is 19.8. The second-order valence-corrected chi connectivity index (χ2v) is 7.97. The van der Waals surface area contributed by atoms with E-state index in [2.05, 4.69) is 25.2 Å². The molecule has 0 aliphatic rings. The fraction of sp³-hybridized carbons (Fsp3) is 0.500. The molecule has 0 amide bonds. The van der Waals surface area contributed by atoms with E-state index in [1.54, 1.807) is 6.92 Å². The Morgan fingerprint density at radius 1 is 1.27 bits per heavy atom. The highest BCUT2D eigenvalue weighted by molar-refractivity contribution is 5.49. The molecule has 4 heteroatoms. The predicted octanol–water partition coefficient (Wildman–Crippen LogP) is 6.02. The van der Waals surface area contributed by atoms with E-state index in [1.807, 2.05) is 52.8 Å². The summed E-state index contributed by atoms with van der Waals surface area (Å²) in [5, 5.41) is 10.3. The van der Waals surface area contributed by atoms with Crippen molar-refractivity contribution in [1.29, 1.82) is 0 Å². The molecule has 1 aromatic rings. The number of rotatable bonds is 10. The summed E-state index contributed by atoms with van der Waals surface area (Å²) in [5.41, 5.74) is 3.28. The van der Waals surface area contributed by atoms with Crippen LogP contribution in [0.2, 0.25) is 0 Å². The SMILES string of the molecule is CC=C(C)C(O)C(C)C=C(C)C=CCC(C)C=Cc1oc(OC)c(CC)c(=O)c1C. The molecule has 0 aliphatic heterocycles. The molecule has 166 valence electrons. The smallest absolute Gasteiger partial charge is 0.291 e. The van der Waals surface area contributed by atoms with Gasteiger partial charge >= 0.3 is 0 Å². The Labute approximate surface area is 181 Å². The summed E-state index contributed by atoms with van der Waals surface area (Å²) in [6.07, 6.45) is 13.1. The largest absolute Gasteiger partial charge is 0.468 e. The number of aliphatic hydroxyl groups excluding tert-OH is 1. The van der Waals surface area contributed by atoms with Crippen LogP contribution < -0.4 is 10.2 Å². The maximum absolute atomic E-state index is 12.5. The van der Waals surface area contributed by atoms with E-state index in [0.717, 1.165) is 17.6 Å². The van der Waals surface area contributed by atoms with Crippen LogP contribution in [0.4, 0.5) is 0 Å². The van der Waals surface area contributed by atoms with Crippen molar-refractivity contribution in [1.82, 2.24) is 0 Å². The molecule has 3 atom stereocenters. The van der Waals surface area contributed by atoms with E-state index < -0.39 is 6.10 Å². The highest BCUT2D eigenvalue weighted by Gasteiger charge is 2.15. The second kappa shape index (κ2) is 12.4. The first-order valence-electron chi connectivity index (χ1n) is 10.7. The maximum Gasteiger partial charge on any atom is 0.291 e. The third-order valence-corrected chi connectivity index (χ3v) is 5.38. The minimum atomic E-state index is -0.450. The second-order valence-electron chi connectivity index (χ2n) is 7.97. The molecule has 0 spiro atoms. The minimum Gasteiger partial charge on any atom is -0.468 e. The number of hydrogen-bond acceptors (Lipinski definition) is 4. The van der Waals surface area contributed by atoms with Gasteiger partial charge in [0.25, 0.3) is 5.95 Å². The van der Waals surface area contributed by atoms with Crippen molar-refractivity contribution in [3.63, 3.8) is 0 Å². The third kappa shape index (κ3) is 7.17. The van der Waals surface area contributed by atoms with Crippen molar-refractivity contribution in [2.24, 2.45) is 11.8 Å². The number of aliphatic hydroxyl groups is 1. The van der Waals surface area contributed by atoms with E-state index in [0.29, 0.717) is 29.3 Å². The van der Waals surface area contributed by atoms with Gasteiger partial charge in [0.1, 0.15) is 5.76 Å². The van der Waals surface area contributed by atoms with Gasteiger partial charge in [0.2, 0.25) is 0 Å². The van der Waals surface area contributed by atoms with Crippen LogP contribution in [-0.4, -0.2) is 18.3 Å². The molecule has 0 fully saturated rings. The molecule has 4 nitrogen and oxygen atoms in total. The van der Waals surface area contributed by atoms with Gasteiger partial charge in [-0.25, -0.2) is 0 Å². The summed E-state index contributed by atoms with van der Waals surface area (Å²) < 4.78 is 11.0. The molecule has 1 heterocycles. The van der Waals surface area contributed by atoms with Crippen molar-refractivity contribution in [3.8, 4) is 5.95 Å². The molecule has 0 saturated heterocycles. The Morgan fingerprint density at radius 3 is 2.50 bits per heavy atom. The van der Waals surface area contributed by atoms with Gasteiger partial charge in [0, 0.05) is 11.5 Å². The van der Waals surface area contributed by atoms with Gasteiger partial charge in [0.05, 0.1) is 18.8 Å². The van der Waals surface area contributed by atoms with Crippen molar-refractivity contribution >= 4 is 6.08 Å². The maximum atomic E-state index is 12.5. The summed E-state index contributed by atoms with van der Waals surface area (Å²) in [4.78, 5) is 12.5. The molecule has 1 N–H and O–H groups in total. The lowest BCUT2D eigenvalue weighted by Gasteiger charge is -2.16. The fourth-order valence-electron chi connectivity index (χ4n) is 3.24. The molecular weight excluding hydrogens is 376 g/mol. The van der Waals surface area contributed by atoms with Gasteiger partial charge in [-0.15, -0.1) is 0 Å². The first-order chi connectivity index (χ1) is 14.2. The van der Waals surface area contributed by atoms with Crippen molar-refractivity contribution in [2.45, 2.75) is 67.4 Å². The Morgan fingerprint density at radius 2 is 1.93 bits per heavy atom. The summed E-state index contributed by atoms with van der Waals surface area (Å²) in [7, 11) is 1.52. The standard InChI is InChI=1S/C26H38O4/c1-9-19(5)24(27)20(6)16-18(4)13-11-12-17(3)14-15-23-21(7)25(28)22(10-2)26(29-8)30-23/h9,11,13-17,20,24,27H,10,12H2,1-8H3. The normalized spacial score (nSPS) is 16.3. The van der Waals surface area contributed by atoms with Crippen LogP contribution in [0.25, 0.3) is 6.08 Å². The van der Waals surface area contributed by atoms with E-state index >= 15 is 0 Å². The van der Waals surface area contributed by atoms with E-state index in [1.165, 1.54) is 7.11 Å². The number of allylic oxidation sites excluding steroid dienone is 5. The molecule has 0 radical (unpaired) electrons. The van der Waals surface area contributed by atoms with Gasteiger partial charge in [-0.3, -0.25) is 4.79 Å². The van der Waals surface area contributed by atoms with Crippen LogP contribution >= 0.6 is 0 Å². The highest BCUT2D eigenvalue weighted by Crippen LogP contribution is 2.22. The molecular formula is C26H38O4.